The Labute approximate surface area is 161 Å². The maximum atomic E-state index is 13.7. The Morgan fingerprint density at radius 1 is 1.19 bits per heavy atom. The number of sulfonamides is 1. The van der Waals surface area contributed by atoms with E-state index in [0.29, 0.717) is 5.69 Å². The van der Waals surface area contributed by atoms with E-state index in [9.17, 15) is 12.8 Å². The third-order valence-corrected chi connectivity index (χ3v) is 5.88. The second-order valence-electron chi connectivity index (χ2n) is 6.49. The third kappa shape index (κ3) is 3.94. The number of hydrogen-bond acceptors (Lipinski definition) is 4. The predicted octanol–water partition coefficient (Wildman–Crippen LogP) is 4.34. The van der Waals surface area contributed by atoms with Crippen molar-refractivity contribution >= 4 is 38.7 Å². The molecule has 1 aliphatic rings. The Hall–Kier alpha value is -2.51. The second-order valence-corrected chi connectivity index (χ2v) is 9.09. The molecule has 1 aliphatic carbocycles. The third-order valence-electron chi connectivity index (χ3n) is 4.38. The number of fused-ring (bicyclic) bond motifs is 2. The molecule has 0 bridgehead atoms. The van der Waals surface area contributed by atoms with E-state index in [1.807, 2.05) is 23.7 Å². The van der Waals surface area contributed by atoms with Crippen LogP contribution in [0.5, 0.6) is 0 Å². The number of benzene rings is 2. The molecule has 0 saturated carbocycles. The first-order chi connectivity index (χ1) is 12.9. The van der Waals surface area contributed by atoms with Crippen LogP contribution in [0.3, 0.4) is 0 Å². The number of nitrogens with one attached hydrogen (secondary N) is 1. The summed E-state index contributed by atoms with van der Waals surface area (Å²) in [5, 5.41) is 0. The average Bonchev–Trinajstić information content (AvgIpc) is 3.00. The van der Waals surface area contributed by atoms with Crippen molar-refractivity contribution in [2.45, 2.75) is 12.8 Å². The lowest BCUT2D eigenvalue weighted by Gasteiger charge is -2.10. The van der Waals surface area contributed by atoms with Crippen molar-refractivity contribution < 1.29 is 12.8 Å². The van der Waals surface area contributed by atoms with Gasteiger partial charge in [-0.3, -0.25) is 4.72 Å². The molecule has 1 N–H and O–H groups in total. The van der Waals surface area contributed by atoms with Crippen molar-refractivity contribution in [2.24, 2.45) is 0 Å². The normalized spacial score (nSPS) is 15.1. The molecule has 0 radical (unpaired) electrons. The van der Waals surface area contributed by atoms with Gasteiger partial charge in [-0.05, 0) is 59.9 Å². The molecule has 0 unspecified atom stereocenters. The van der Waals surface area contributed by atoms with Crippen LogP contribution in [0.1, 0.15) is 27.3 Å². The van der Waals surface area contributed by atoms with Gasteiger partial charge >= 0.3 is 0 Å². The Morgan fingerprint density at radius 3 is 2.85 bits per heavy atom. The second kappa shape index (κ2) is 6.90. The fourth-order valence-corrected chi connectivity index (χ4v) is 4.72. The maximum absolute atomic E-state index is 13.7. The van der Waals surface area contributed by atoms with Gasteiger partial charge in [-0.1, -0.05) is 18.2 Å². The van der Waals surface area contributed by atoms with E-state index in [1.165, 1.54) is 6.07 Å². The van der Waals surface area contributed by atoms with Crippen molar-refractivity contribution in [3.8, 4) is 0 Å². The number of thiazole rings is 1. The summed E-state index contributed by atoms with van der Waals surface area (Å²) in [6, 6.07) is 12.1. The Morgan fingerprint density at radius 2 is 2.04 bits per heavy atom. The fourth-order valence-electron chi connectivity index (χ4n) is 3.29. The SMILES string of the molecule is CS(=O)(=O)Nc1cccc(/C=C2\c3ccc(F)cc3CCc3ncsc32)c1. The van der Waals surface area contributed by atoms with Crippen LogP contribution in [0, 0.1) is 5.82 Å². The Kier molecular flexibility index (Phi) is 4.57. The number of halogens is 1. The fraction of sp³-hybridized carbons (Fsp3) is 0.150. The first-order valence-corrected chi connectivity index (χ1v) is 11.2. The molecule has 27 heavy (non-hydrogen) atoms. The molecule has 1 aromatic heterocycles. The van der Waals surface area contributed by atoms with E-state index in [0.717, 1.165) is 51.9 Å². The quantitative estimate of drug-likeness (QED) is 0.711. The van der Waals surface area contributed by atoms with Gasteiger partial charge in [-0.15, -0.1) is 11.3 Å². The number of anilines is 1. The van der Waals surface area contributed by atoms with E-state index < -0.39 is 10.0 Å². The molecule has 0 saturated heterocycles. The first kappa shape index (κ1) is 17.9. The molecule has 138 valence electrons. The highest BCUT2D eigenvalue weighted by Gasteiger charge is 2.21. The molecule has 0 fully saturated rings. The number of nitrogens with zero attached hydrogens (tertiary/aromatic N) is 1. The summed E-state index contributed by atoms with van der Waals surface area (Å²) in [6.45, 7) is 0. The first-order valence-electron chi connectivity index (χ1n) is 8.40. The van der Waals surface area contributed by atoms with E-state index in [-0.39, 0.29) is 5.82 Å². The lowest BCUT2D eigenvalue weighted by atomic mass is 9.97. The van der Waals surface area contributed by atoms with Crippen LogP contribution in [0.4, 0.5) is 10.1 Å². The summed E-state index contributed by atoms with van der Waals surface area (Å²) in [7, 11) is -3.35. The van der Waals surface area contributed by atoms with Gasteiger partial charge in [0, 0.05) is 11.3 Å². The minimum absolute atomic E-state index is 0.245. The summed E-state index contributed by atoms with van der Waals surface area (Å²) in [5.74, 6) is -0.245. The van der Waals surface area contributed by atoms with Gasteiger partial charge < -0.3 is 0 Å². The molecule has 0 aliphatic heterocycles. The highest BCUT2D eigenvalue weighted by atomic mass is 32.2. The van der Waals surface area contributed by atoms with Crippen molar-refractivity contribution in [3.05, 3.63) is 81.1 Å². The molecule has 2 aromatic carbocycles. The highest BCUT2D eigenvalue weighted by molar-refractivity contribution is 7.92. The van der Waals surface area contributed by atoms with E-state index in [4.69, 9.17) is 0 Å². The van der Waals surface area contributed by atoms with Crippen molar-refractivity contribution in [1.29, 1.82) is 0 Å². The lowest BCUT2D eigenvalue weighted by Crippen LogP contribution is -2.09. The number of hydrogen-bond donors (Lipinski definition) is 1. The smallest absolute Gasteiger partial charge is 0.229 e. The number of aryl methyl sites for hydroxylation is 2. The zero-order valence-electron chi connectivity index (χ0n) is 14.6. The molecule has 0 atom stereocenters. The summed E-state index contributed by atoms with van der Waals surface area (Å²) in [6.07, 6.45) is 4.63. The molecule has 0 amide bonds. The van der Waals surface area contributed by atoms with Gasteiger partial charge in [-0.25, -0.2) is 17.8 Å². The number of rotatable bonds is 3. The summed E-state index contributed by atoms with van der Waals surface area (Å²) < 4.78 is 39.3. The standard InChI is InChI=1S/C20H17FN2O2S2/c1-27(24,25)23-16-4-2-3-13(9-16)10-18-17-7-6-15(21)11-14(17)5-8-19-20(18)26-12-22-19/h2-4,6-7,9-12,23H,5,8H2,1H3/b18-10+. The van der Waals surface area contributed by atoms with Crippen LogP contribution >= 0.6 is 11.3 Å². The maximum Gasteiger partial charge on any atom is 0.229 e. The number of aromatic nitrogens is 1. The van der Waals surface area contributed by atoms with Crippen LogP contribution < -0.4 is 4.72 Å². The average molecular weight is 401 g/mol. The van der Waals surface area contributed by atoms with E-state index in [1.54, 1.807) is 35.6 Å². The van der Waals surface area contributed by atoms with Gasteiger partial charge in [0.25, 0.3) is 0 Å². The van der Waals surface area contributed by atoms with Gasteiger partial charge in [0.15, 0.2) is 0 Å². The molecular weight excluding hydrogens is 383 g/mol. The van der Waals surface area contributed by atoms with Crippen LogP contribution in [-0.2, 0) is 22.9 Å². The van der Waals surface area contributed by atoms with Crippen LogP contribution in [-0.4, -0.2) is 19.7 Å². The topological polar surface area (TPSA) is 59.1 Å². The molecule has 7 heteroatoms. The minimum Gasteiger partial charge on any atom is -0.284 e. The molecule has 3 aromatic rings. The van der Waals surface area contributed by atoms with Gasteiger partial charge in [-0.2, -0.15) is 0 Å². The zero-order valence-corrected chi connectivity index (χ0v) is 16.2. The largest absolute Gasteiger partial charge is 0.284 e. The molecule has 4 rings (SSSR count). The highest BCUT2D eigenvalue weighted by Crippen LogP contribution is 2.37. The predicted molar refractivity (Wildman–Crippen MR) is 108 cm³/mol. The Bertz CT molecular complexity index is 1150. The van der Waals surface area contributed by atoms with Crippen molar-refractivity contribution in [3.63, 3.8) is 0 Å². The van der Waals surface area contributed by atoms with Gasteiger partial charge in [0.2, 0.25) is 10.0 Å². The van der Waals surface area contributed by atoms with Crippen molar-refractivity contribution in [1.82, 2.24) is 4.98 Å². The molecule has 1 heterocycles. The van der Waals surface area contributed by atoms with Crippen LogP contribution in [0.25, 0.3) is 11.6 Å². The van der Waals surface area contributed by atoms with Crippen LogP contribution in [0.2, 0.25) is 0 Å². The summed E-state index contributed by atoms with van der Waals surface area (Å²) in [5.41, 5.74) is 7.12. The zero-order chi connectivity index (χ0) is 19.0. The van der Waals surface area contributed by atoms with Gasteiger partial charge in [0.1, 0.15) is 5.82 Å². The van der Waals surface area contributed by atoms with E-state index >= 15 is 0 Å². The lowest BCUT2D eigenvalue weighted by molar-refractivity contribution is 0.607. The van der Waals surface area contributed by atoms with Crippen LogP contribution in [0.15, 0.2) is 48.0 Å². The summed E-state index contributed by atoms with van der Waals surface area (Å²) >= 11 is 1.56. The molecule has 4 nitrogen and oxygen atoms in total. The van der Waals surface area contributed by atoms with Gasteiger partial charge in [0.05, 0.1) is 22.3 Å². The minimum atomic E-state index is -3.35. The monoisotopic (exact) mass is 400 g/mol. The molecule has 0 spiro atoms. The molecular formula is C20H17FN2O2S2. The van der Waals surface area contributed by atoms with Crippen molar-refractivity contribution in [2.75, 3.05) is 11.0 Å². The van der Waals surface area contributed by atoms with E-state index in [2.05, 4.69) is 9.71 Å². The summed E-state index contributed by atoms with van der Waals surface area (Å²) in [4.78, 5) is 5.54. The Balaban J connectivity index is 1.85.